The second kappa shape index (κ2) is 4.82. The molecule has 0 bridgehead atoms. The van der Waals surface area contributed by atoms with Gasteiger partial charge in [-0.2, -0.15) is 6.42 Å². The lowest BCUT2D eigenvalue weighted by Gasteiger charge is -1.94. The van der Waals surface area contributed by atoms with Crippen LogP contribution in [0.5, 0.6) is 0 Å². The zero-order chi connectivity index (χ0) is 6.41. The van der Waals surface area contributed by atoms with Crippen molar-refractivity contribution in [1.82, 2.24) is 0 Å². The molecule has 0 aliphatic carbocycles. The second-order valence-electron chi connectivity index (χ2n) is 2.01. The zero-order valence-electron chi connectivity index (χ0n) is 5.44. The van der Waals surface area contributed by atoms with Gasteiger partial charge in [-0.1, -0.05) is 6.42 Å². The van der Waals surface area contributed by atoms with Crippen LogP contribution in [-0.2, 0) is 4.79 Å². The molecule has 0 saturated heterocycles. The monoisotopic (exact) mass is 113 g/mol. The van der Waals surface area contributed by atoms with Gasteiger partial charge in [0.05, 0.1) is 0 Å². The highest BCUT2D eigenvalue weighted by atomic mass is 16.1. The van der Waals surface area contributed by atoms with Crippen molar-refractivity contribution in [3.05, 3.63) is 6.92 Å². The minimum Gasteiger partial charge on any atom is -0.343 e. The van der Waals surface area contributed by atoms with Crippen LogP contribution in [0.2, 0.25) is 0 Å². The first-order chi connectivity index (χ1) is 3.77. The fourth-order valence-electron chi connectivity index (χ4n) is 0.551. The maximum absolute atomic E-state index is 10.3. The SMILES string of the molecule is [CH2-]CCCCC(C)=O. The van der Waals surface area contributed by atoms with Crippen LogP contribution in [0.1, 0.15) is 32.6 Å². The van der Waals surface area contributed by atoms with Crippen molar-refractivity contribution in [2.75, 3.05) is 0 Å². The summed E-state index contributed by atoms with van der Waals surface area (Å²) in [4.78, 5) is 10.3. The maximum atomic E-state index is 10.3. The summed E-state index contributed by atoms with van der Waals surface area (Å²) in [6.07, 6.45) is 3.78. The molecular formula is C7H13O-. The van der Waals surface area contributed by atoms with E-state index in [2.05, 4.69) is 6.92 Å². The van der Waals surface area contributed by atoms with Gasteiger partial charge in [-0.25, -0.2) is 0 Å². The molecule has 0 aromatic heterocycles. The van der Waals surface area contributed by atoms with Gasteiger partial charge in [0.15, 0.2) is 0 Å². The molecule has 0 spiro atoms. The Morgan fingerprint density at radius 3 is 2.50 bits per heavy atom. The van der Waals surface area contributed by atoms with Crippen molar-refractivity contribution in [1.29, 1.82) is 0 Å². The second-order valence-corrected chi connectivity index (χ2v) is 2.01. The van der Waals surface area contributed by atoms with Crippen molar-refractivity contribution in [2.45, 2.75) is 32.6 Å². The van der Waals surface area contributed by atoms with E-state index >= 15 is 0 Å². The van der Waals surface area contributed by atoms with Crippen LogP contribution in [0.3, 0.4) is 0 Å². The third-order valence-electron chi connectivity index (χ3n) is 1.03. The summed E-state index contributed by atoms with van der Waals surface area (Å²) in [6, 6.07) is 0. The number of ketones is 1. The lowest BCUT2D eigenvalue weighted by atomic mass is 10.2. The molecule has 0 atom stereocenters. The Morgan fingerprint density at radius 1 is 1.50 bits per heavy atom. The van der Waals surface area contributed by atoms with Gasteiger partial charge in [0.2, 0.25) is 0 Å². The highest BCUT2D eigenvalue weighted by Gasteiger charge is 1.88. The van der Waals surface area contributed by atoms with E-state index in [0.717, 1.165) is 25.7 Å². The van der Waals surface area contributed by atoms with E-state index in [1.54, 1.807) is 6.92 Å². The molecule has 1 nitrogen and oxygen atoms in total. The molecule has 0 N–H and O–H groups in total. The molecule has 1 heteroatoms. The van der Waals surface area contributed by atoms with Gasteiger partial charge in [-0.3, -0.25) is 0 Å². The molecule has 48 valence electrons. The summed E-state index contributed by atoms with van der Waals surface area (Å²) >= 11 is 0. The molecule has 0 rings (SSSR count). The molecule has 0 radical (unpaired) electrons. The van der Waals surface area contributed by atoms with E-state index in [1.165, 1.54) is 0 Å². The lowest BCUT2D eigenvalue weighted by Crippen LogP contribution is -1.87. The summed E-state index contributed by atoms with van der Waals surface area (Å²) in [5, 5.41) is 0. The fraction of sp³-hybridized carbons (Fsp3) is 0.714. The molecule has 8 heavy (non-hydrogen) atoms. The minimum absolute atomic E-state index is 0.290. The number of Topliss-reactive ketones (excluding diaryl/α,β-unsaturated/α-hetero) is 1. The number of carbonyl (C=O) groups is 1. The van der Waals surface area contributed by atoms with Gasteiger partial charge in [0.1, 0.15) is 5.78 Å². The predicted molar refractivity (Wildman–Crippen MR) is 34.5 cm³/mol. The third kappa shape index (κ3) is 5.67. The van der Waals surface area contributed by atoms with Crippen LogP contribution in [0.25, 0.3) is 0 Å². The first-order valence-corrected chi connectivity index (χ1v) is 3.06. The summed E-state index contributed by atoms with van der Waals surface area (Å²) < 4.78 is 0. The van der Waals surface area contributed by atoms with E-state index in [-0.39, 0.29) is 0 Å². The van der Waals surface area contributed by atoms with Crippen LogP contribution in [-0.4, -0.2) is 5.78 Å². The van der Waals surface area contributed by atoms with Crippen LogP contribution >= 0.6 is 0 Å². The van der Waals surface area contributed by atoms with Gasteiger partial charge in [-0.15, -0.1) is 0 Å². The Morgan fingerprint density at radius 2 is 2.12 bits per heavy atom. The first-order valence-electron chi connectivity index (χ1n) is 3.06. The highest BCUT2D eigenvalue weighted by molar-refractivity contribution is 5.75. The topological polar surface area (TPSA) is 17.1 Å². The number of carbonyl (C=O) groups excluding carboxylic acids is 1. The molecule has 0 unspecified atom stereocenters. The Balaban J connectivity index is 2.82. The van der Waals surface area contributed by atoms with Crippen molar-refractivity contribution >= 4 is 5.78 Å². The molecule has 0 heterocycles. The van der Waals surface area contributed by atoms with Gasteiger partial charge < -0.3 is 11.7 Å². The summed E-state index contributed by atoms with van der Waals surface area (Å²) in [5.74, 6) is 0.290. The molecule has 0 aliphatic rings. The normalized spacial score (nSPS) is 9.25. The van der Waals surface area contributed by atoms with Crippen molar-refractivity contribution in [3.63, 3.8) is 0 Å². The molecular weight excluding hydrogens is 100 g/mol. The summed E-state index contributed by atoms with van der Waals surface area (Å²) in [7, 11) is 0. The van der Waals surface area contributed by atoms with Gasteiger partial charge >= 0.3 is 0 Å². The standard InChI is InChI=1S/C7H13O/c1-3-4-5-6-7(2)8/h1,3-6H2,2H3/q-1. The van der Waals surface area contributed by atoms with Crippen LogP contribution in [0.15, 0.2) is 0 Å². The quantitative estimate of drug-likeness (QED) is 0.402. The van der Waals surface area contributed by atoms with Crippen LogP contribution in [0, 0.1) is 6.92 Å². The lowest BCUT2D eigenvalue weighted by molar-refractivity contribution is -0.117. The van der Waals surface area contributed by atoms with Gasteiger partial charge in [-0.05, 0) is 13.3 Å². The Bertz CT molecular complexity index is 66.8. The van der Waals surface area contributed by atoms with Crippen molar-refractivity contribution in [2.24, 2.45) is 0 Å². The maximum Gasteiger partial charge on any atom is 0.129 e. The molecule has 0 aliphatic heterocycles. The number of unbranched alkanes of at least 4 members (excludes halogenated alkanes) is 2. The van der Waals surface area contributed by atoms with Crippen molar-refractivity contribution < 1.29 is 4.79 Å². The molecule has 0 amide bonds. The predicted octanol–water partition coefficient (Wildman–Crippen LogP) is 1.97. The average molecular weight is 113 g/mol. The Labute approximate surface area is 51.1 Å². The van der Waals surface area contributed by atoms with E-state index < -0.39 is 0 Å². The number of hydrogen-bond acceptors (Lipinski definition) is 1. The Hall–Kier alpha value is -0.330. The minimum atomic E-state index is 0.290. The molecule has 0 saturated carbocycles. The Kier molecular flexibility index (Phi) is 4.62. The summed E-state index contributed by atoms with van der Waals surface area (Å²) in [6.45, 7) is 5.30. The number of hydrogen-bond donors (Lipinski definition) is 0. The average Bonchev–Trinajstić information content (AvgIpc) is 1.66. The van der Waals surface area contributed by atoms with E-state index in [1.807, 2.05) is 0 Å². The van der Waals surface area contributed by atoms with E-state index in [9.17, 15) is 4.79 Å². The van der Waals surface area contributed by atoms with Crippen LogP contribution in [0.4, 0.5) is 0 Å². The van der Waals surface area contributed by atoms with E-state index in [4.69, 9.17) is 0 Å². The fourth-order valence-corrected chi connectivity index (χ4v) is 0.551. The largest absolute Gasteiger partial charge is 0.343 e. The van der Waals surface area contributed by atoms with Crippen molar-refractivity contribution in [3.8, 4) is 0 Å². The van der Waals surface area contributed by atoms with Gasteiger partial charge in [0.25, 0.3) is 0 Å². The highest BCUT2D eigenvalue weighted by Crippen LogP contribution is 1.97. The smallest absolute Gasteiger partial charge is 0.129 e. The first kappa shape index (κ1) is 7.67. The third-order valence-corrected chi connectivity index (χ3v) is 1.03. The summed E-state index contributed by atoms with van der Waals surface area (Å²) in [5.41, 5.74) is 0. The van der Waals surface area contributed by atoms with Crippen LogP contribution < -0.4 is 0 Å². The number of rotatable bonds is 4. The molecule has 0 aromatic carbocycles. The zero-order valence-corrected chi connectivity index (χ0v) is 5.44. The molecule has 0 fully saturated rings. The van der Waals surface area contributed by atoms with Gasteiger partial charge in [0, 0.05) is 6.42 Å². The molecule has 0 aromatic rings. The van der Waals surface area contributed by atoms with E-state index in [0.29, 0.717) is 5.78 Å².